The molecule has 0 spiro atoms. The number of hydrogen-bond acceptors (Lipinski definition) is 3. The number of nitriles is 1. The van der Waals surface area contributed by atoms with Crippen LogP contribution in [0, 0.1) is 23.2 Å². The Labute approximate surface area is 93.1 Å². The molecule has 0 radical (unpaired) electrons. The van der Waals surface area contributed by atoms with Crippen molar-refractivity contribution in [2.24, 2.45) is 5.92 Å². The fourth-order valence-corrected chi connectivity index (χ4v) is 1.10. The standard InChI is InChI=1S/C11H12FN3O/c1-7(2)9(6-13)15-11(16)8-4-3-5-10(12)14-8/h3-5,7,9H,1-2H3,(H,15,16). The second-order valence-electron chi connectivity index (χ2n) is 3.67. The van der Waals surface area contributed by atoms with Gasteiger partial charge in [0.1, 0.15) is 11.7 Å². The average Bonchev–Trinajstić information content (AvgIpc) is 2.25. The molecule has 0 saturated carbocycles. The van der Waals surface area contributed by atoms with Crippen LogP contribution in [0.5, 0.6) is 0 Å². The summed E-state index contributed by atoms with van der Waals surface area (Å²) in [6.45, 7) is 3.63. The highest BCUT2D eigenvalue weighted by Crippen LogP contribution is 2.03. The van der Waals surface area contributed by atoms with E-state index in [2.05, 4.69) is 10.3 Å². The van der Waals surface area contributed by atoms with Gasteiger partial charge in [-0.3, -0.25) is 4.79 Å². The number of aromatic nitrogens is 1. The molecule has 0 fully saturated rings. The van der Waals surface area contributed by atoms with E-state index >= 15 is 0 Å². The number of pyridine rings is 1. The van der Waals surface area contributed by atoms with Crippen LogP contribution in [0.4, 0.5) is 4.39 Å². The van der Waals surface area contributed by atoms with Crippen molar-refractivity contribution < 1.29 is 9.18 Å². The Bertz CT molecular complexity index is 425. The van der Waals surface area contributed by atoms with Crippen LogP contribution in [-0.2, 0) is 0 Å². The van der Waals surface area contributed by atoms with E-state index in [1.165, 1.54) is 12.1 Å². The van der Waals surface area contributed by atoms with Gasteiger partial charge in [-0.1, -0.05) is 19.9 Å². The van der Waals surface area contributed by atoms with Gasteiger partial charge >= 0.3 is 0 Å². The Morgan fingerprint density at radius 2 is 2.25 bits per heavy atom. The van der Waals surface area contributed by atoms with Crippen molar-refractivity contribution in [2.75, 3.05) is 0 Å². The molecule has 1 rings (SSSR count). The molecule has 4 nitrogen and oxygen atoms in total. The van der Waals surface area contributed by atoms with Crippen LogP contribution >= 0.6 is 0 Å². The lowest BCUT2D eigenvalue weighted by Gasteiger charge is -2.14. The van der Waals surface area contributed by atoms with Crippen molar-refractivity contribution in [3.05, 3.63) is 29.8 Å². The van der Waals surface area contributed by atoms with Crippen LogP contribution in [0.25, 0.3) is 0 Å². The van der Waals surface area contributed by atoms with E-state index in [1.807, 2.05) is 19.9 Å². The summed E-state index contributed by atoms with van der Waals surface area (Å²) in [4.78, 5) is 15.0. The maximum atomic E-state index is 12.7. The highest BCUT2D eigenvalue weighted by atomic mass is 19.1. The molecule has 1 atom stereocenters. The molecule has 0 aliphatic heterocycles. The zero-order valence-corrected chi connectivity index (χ0v) is 9.07. The Morgan fingerprint density at radius 1 is 1.56 bits per heavy atom. The van der Waals surface area contributed by atoms with Crippen molar-refractivity contribution in [1.29, 1.82) is 5.26 Å². The lowest BCUT2D eigenvalue weighted by atomic mass is 10.1. The predicted octanol–water partition coefficient (Wildman–Crippen LogP) is 1.50. The summed E-state index contributed by atoms with van der Waals surface area (Å²) in [5, 5.41) is 11.3. The first-order valence-electron chi connectivity index (χ1n) is 4.87. The quantitative estimate of drug-likeness (QED) is 0.786. The highest BCUT2D eigenvalue weighted by molar-refractivity contribution is 5.92. The Morgan fingerprint density at radius 3 is 2.75 bits per heavy atom. The fourth-order valence-electron chi connectivity index (χ4n) is 1.10. The zero-order chi connectivity index (χ0) is 12.1. The average molecular weight is 221 g/mol. The molecule has 1 amide bonds. The SMILES string of the molecule is CC(C)C(C#N)NC(=O)c1cccc(F)n1. The van der Waals surface area contributed by atoms with Gasteiger partial charge in [0, 0.05) is 0 Å². The zero-order valence-electron chi connectivity index (χ0n) is 9.07. The maximum absolute atomic E-state index is 12.7. The molecule has 1 aromatic heterocycles. The van der Waals surface area contributed by atoms with E-state index in [0.717, 1.165) is 6.07 Å². The van der Waals surface area contributed by atoms with Gasteiger partial charge in [-0.05, 0) is 18.1 Å². The van der Waals surface area contributed by atoms with Gasteiger partial charge in [0.25, 0.3) is 5.91 Å². The molecular formula is C11H12FN3O. The molecule has 16 heavy (non-hydrogen) atoms. The summed E-state index contributed by atoms with van der Waals surface area (Å²) in [6.07, 6.45) is 0. The largest absolute Gasteiger partial charge is 0.335 e. The van der Waals surface area contributed by atoms with Gasteiger partial charge in [0.2, 0.25) is 5.95 Å². The van der Waals surface area contributed by atoms with E-state index in [1.54, 1.807) is 0 Å². The summed E-state index contributed by atoms with van der Waals surface area (Å²) in [5.41, 5.74) is -0.0269. The van der Waals surface area contributed by atoms with Gasteiger partial charge in [-0.2, -0.15) is 9.65 Å². The first-order valence-corrected chi connectivity index (χ1v) is 4.87. The lowest BCUT2D eigenvalue weighted by Crippen LogP contribution is -2.37. The normalized spacial score (nSPS) is 11.9. The highest BCUT2D eigenvalue weighted by Gasteiger charge is 2.17. The van der Waals surface area contributed by atoms with E-state index in [4.69, 9.17) is 5.26 Å². The number of nitrogens with zero attached hydrogens (tertiary/aromatic N) is 2. The minimum Gasteiger partial charge on any atom is -0.335 e. The molecule has 1 aromatic rings. The van der Waals surface area contributed by atoms with Crippen LogP contribution in [0.15, 0.2) is 18.2 Å². The summed E-state index contributed by atoms with van der Waals surface area (Å²) in [6, 6.07) is 5.31. The summed E-state index contributed by atoms with van der Waals surface area (Å²) >= 11 is 0. The Balaban J connectivity index is 2.77. The molecule has 0 saturated heterocycles. The molecule has 1 heterocycles. The molecule has 84 valence electrons. The third kappa shape index (κ3) is 3.02. The molecule has 5 heteroatoms. The number of halogens is 1. The van der Waals surface area contributed by atoms with Gasteiger partial charge in [-0.25, -0.2) is 4.98 Å². The van der Waals surface area contributed by atoms with Crippen LogP contribution in [-0.4, -0.2) is 16.9 Å². The van der Waals surface area contributed by atoms with Crippen molar-refractivity contribution >= 4 is 5.91 Å². The predicted molar refractivity (Wildman–Crippen MR) is 55.9 cm³/mol. The van der Waals surface area contributed by atoms with Crippen molar-refractivity contribution in [3.8, 4) is 6.07 Å². The Hall–Kier alpha value is -1.96. The number of carbonyl (C=O) groups is 1. The van der Waals surface area contributed by atoms with Crippen molar-refractivity contribution in [2.45, 2.75) is 19.9 Å². The smallest absolute Gasteiger partial charge is 0.271 e. The molecule has 0 aliphatic carbocycles. The van der Waals surface area contributed by atoms with Crippen LogP contribution in [0.3, 0.4) is 0 Å². The van der Waals surface area contributed by atoms with Crippen molar-refractivity contribution in [1.82, 2.24) is 10.3 Å². The topological polar surface area (TPSA) is 65.8 Å². The monoisotopic (exact) mass is 221 g/mol. The van der Waals surface area contributed by atoms with Crippen LogP contribution < -0.4 is 5.32 Å². The maximum Gasteiger partial charge on any atom is 0.271 e. The number of nitrogens with one attached hydrogen (secondary N) is 1. The lowest BCUT2D eigenvalue weighted by molar-refractivity contribution is 0.0931. The number of hydrogen-bond donors (Lipinski definition) is 1. The van der Waals surface area contributed by atoms with Gasteiger partial charge in [0.15, 0.2) is 0 Å². The van der Waals surface area contributed by atoms with E-state index in [-0.39, 0.29) is 11.6 Å². The van der Waals surface area contributed by atoms with Gasteiger partial charge in [-0.15, -0.1) is 0 Å². The summed E-state index contributed by atoms with van der Waals surface area (Å²) in [5.74, 6) is -1.27. The molecule has 0 aliphatic rings. The molecule has 0 bridgehead atoms. The molecular weight excluding hydrogens is 209 g/mol. The van der Waals surface area contributed by atoms with E-state index in [9.17, 15) is 9.18 Å². The minimum atomic E-state index is -0.717. The number of amides is 1. The third-order valence-corrected chi connectivity index (χ3v) is 2.04. The number of carbonyl (C=O) groups excluding carboxylic acids is 1. The second kappa shape index (κ2) is 5.21. The fraction of sp³-hybridized carbons (Fsp3) is 0.364. The first-order chi connectivity index (χ1) is 7.54. The molecule has 1 unspecified atom stereocenters. The van der Waals surface area contributed by atoms with Gasteiger partial charge < -0.3 is 5.32 Å². The van der Waals surface area contributed by atoms with Crippen molar-refractivity contribution in [3.63, 3.8) is 0 Å². The first kappa shape index (κ1) is 12.1. The second-order valence-corrected chi connectivity index (χ2v) is 3.67. The van der Waals surface area contributed by atoms with E-state index in [0.29, 0.717) is 0 Å². The molecule has 0 aromatic carbocycles. The van der Waals surface area contributed by atoms with Crippen LogP contribution in [0.2, 0.25) is 0 Å². The Kier molecular flexibility index (Phi) is 3.95. The third-order valence-electron chi connectivity index (χ3n) is 2.04. The minimum absolute atomic E-state index is 0.0116. The summed E-state index contributed by atoms with van der Waals surface area (Å²) in [7, 11) is 0. The van der Waals surface area contributed by atoms with Crippen LogP contribution in [0.1, 0.15) is 24.3 Å². The van der Waals surface area contributed by atoms with E-state index < -0.39 is 17.9 Å². The summed E-state index contributed by atoms with van der Waals surface area (Å²) < 4.78 is 12.7. The molecule has 1 N–H and O–H groups in total. The number of rotatable bonds is 3. The van der Waals surface area contributed by atoms with Gasteiger partial charge in [0.05, 0.1) is 6.07 Å².